The Morgan fingerprint density at radius 1 is 0.800 bits per heavy atom. The second-order valence-corrected chi connectivity index (χ2v) is 10.6. The molecule has 1 saturated carbocycles. The van der Waals surface area contributed by atoms with Gasteiger partial charge in [0.1, 0.15) is 4.90 Å². The van der Waals surface area contributed by atoms with Gasteiger partial charge in [-0.3, -0.25) is 4.98 Å². The zero-order valence-electron chi connectivity index (χ0n) is 20.3. The van der Waals surface area contributed by atoms with Gasteiger partial charge in [0.25, 0.3) is 0 Å². The molecule has 0 saturated heterocycles. The Hall–Kier alpha value is -3.05. The van der Waals surface area contributed by atoms with Gasteiger partial charge in [0.15, 0.2) is 0 Å². The van der Waals surface area contributed by atoms with Crippen LogP contribution in [0.15, 0.2) is 41.4 Å². The van der Waals surface area contributed by atoms with Gasteiger partial charge >= 0.3 is 0 Å². The van der Waals surface area contributed by atoms with E-state index in [1.807, 2.05) is 32.0 Å². The number of nitrogens with one attached hydrogen (secondary N) is 4. The number of hydrogen-bond donors (Lipinski definition) is 4. The second kappa shape index (κ2) is 11.6. The summed E-state index contributed by atoms with van der Waals surface area (Å²) in [7, 11) is -3.62. The van der Waals surface area contributed by atoms with Gasteiger partial charge < -0.3 is 16.0 Å². The highest BCUT2D eigenvalue weighted by molar-refractivity contribution is 7.89. The van der Waals surface area contributed by atoms with Gasteiger partial charge in [0.2, 0.25) is 27.9 Å². The molecule has 0 radical (unpaired) electrons. The summed E-state index contributed by atoms with van der Waals surface area (Å²) in [5, 5.41) is 10.4. The topological polar surface area (TPSA) is 134 Å². The summed E-state index contributed by atoms with van der Waals surface area (Å²) < 4.78 is 28.8. The van der Waals surface area contributed by atoms with Crippen LogP contribution in [0.2, 0.25) is 0 Å². The third-order valence-corrected chi connectivity index (χ3v) is 7.72. The van der Waals surface area contributed by atoms with E-state index in [1.54, 1.807) is 18.3 Å². The van der Waals surface area contributed by atoms with Crippen LogP contribution in [-0.4, -0.2) is 54.5 Å². The summed E-state index contributed by atoms with van der Waals surface area (Å²) in [6.45, 7) is 6.70. The fourth-order valence-electron chi connectivity index (χ4n) is 4.40. The van der Waals surface area contributed by atoms with Crippen LogP contribution in [0.25, 0.3) is 10.9 Å². The van der Waals surface area contributed by atoms with Crippen molar-refractivity contribution in [3.8, 4) is 0 Å². The summed E-state index contributed by atoms with van der Waals surface area (Å²) in [6, 6.07) is 8.92. The van der Waals surface area contributed by atoms with Gasteiger partial charge in [-0.1, -0.05) is 18.2 Å². The van der Waals surface area contributed by atoms with E-state index in [2.05, 4.69) is 40.6 Å². The van der Waals surface area contributed by atoms with Crippen LogP contribution in [0.3, 0.4) is 0 Å². The molecule has 35 heavy (non-hydrogen) atoms. The van der Waals surface area contributed by atoms with E-state index in [4.69, 9.17) is 0 Å². The molecule has 10 nitrogen and oxygen atoms in total. The van der Waals surface area contributed by atoms with Crippen molar-refractivity contribution in [3.63, 3.8) is 0 Å². The normalized spacial score (nSPS) is 18.3. The number of aromatic nitrogens is 4. The number of hydrogen-bond acceptors (Lipinski definition) is 9. The average Bonchev–Trinajstić information content (AvgIpc) is 2.87. The summed E-state index contributed by atoms with van der Waals surface area (Å²) in [5.41, 5.74) is 0.505. The van der Waals surface area contributed by atoms with E-state index in [9.17, 15) is 8.42 Å². The Balaban J connectivity index is 1.28. The lowest BCUT2D eigenvalue weighted by Crippen LogP contribution is -2.32. The van der Waals surface area contributed by atoms with Gasteiger partial charge in [-0.2, -0.15) is 15.0 Å². The van der Waals surface area contributed by atoms with Gasteiger partial charge in [0.05, 0.1) is 5.52 Å². The average molecular weight is 499 g/mol. The number of nitrogens with zero attached hydrogens (tertiary/aromatic N) is 4. The van der Waals surface area contributed by atoms with Crippen molar-refractivity contribution >= 4 is 38.8 Å². The standard InChI is InChI=1S/C24H34N8O2S/c1-3-25-22-30-23(26-4-2)32-24(31-22)28-15-17-10-12-18(13-11-17)16-29-35(33,34)20-9-5-7-19-8-6-14-27-21(19)20/h5-9,14,17-18,29H,3-4,10-13,15-16H2,1-2H3,(H3,25,26,28,30,31,32). The van der Waals surface area contributed by atoms with E-state index in [1.165, 1.54) is 0 Å². The van der Waals surface area contributed by atoms with Crippen LogP contribution in [0, 0.1) is 11.8 Å². The number of pyridine rings is 1. The zero-order valence-corrected chi connectivity index (χ0v) is 21.1. The molecule has 1 aliphatic rings. The van der Waals surface area contributed by atoms with Crippen molar-refractivity contribution in [3.05, 3.63) is 36.5 Å². The Labute approximate surface area is 206 Å². The molecule has 4 rings (SSSR count). The molecular formula is C24H34N8O2S. The number of anilines is 3. The van der Waals surface area contributed by atoms with Crippen molar-refractivity contribution in [2.24, 2.45) is 11.8 Å². The van der Waals surface area contributed by atoms with Gasteiger partial charge in [-0.25, -0.2) is 13.1 Å². The maximum Gasteiger partial charge on any atom is 0.242 e. The smallest absolute Gasteiger partial charge is 0.242 e. The molecule has 188 valence electrons. The number of rotatable bonds is 11. The molecule has 0 atom stereocenters. The molecule has 0 unspecified atom stereocenters. The lowest BCUT2D eigenvalue weighted by Gasteiger charge is -2.28. The number of benzene rings is 1. The summed E-state index contributed by atoms with van der Waals surface area (Å²) >= 11 is 0. The highest BCUT2D eigenvalue weighted by atomic mass is 32.2. The predicted octanol–water partition coefficient (Wildman–Crippen LogP) is 3.48. The molecule has 0 aliphatic heterocycles. The Bertz CT molecular complexity index is 1200. The summed E-state index contributed by atoms with van der Waals surface area (Å²) in [5.74, 6) is 2.48. The van der Waals surface area contributed by atoms with Crippen molar-refractivity contribution in [1.82, 2.24) is 24.7 Å². The second-order valence-electron chi connectivity index (χ2n) is 8.82. The van der Waals surface area contributed by atoms with E-state index in [-0.39, 0.29) is 4.90 Å². The largest absolute Gasteiger partial charge is 0.354 e. The van der Waals surface area contributed by atoms with E-state index in [0.717, 1.165) is 50.7 Å². The Morgan fingerprint density at radius 3 is 2.00 bits per heavy atom. The molecule has 1 aromatic carbocycles. The minimum Gasteiger partial charge on any atom is -0.354 e. The summed E-state index contributed by atoms with van der Waals surface area (Å²) in [6.07, 6.45) is 5.63. The predicted molar refractivity (Wildman–Crippen MR) is 139 cm³/mol. The molecule has 0 spiro atoms. The van der Waals surface area contributed by atoms with Crippen LogP contribution in [0.4, 0.5) is 17.8 Å². The van der Waals surface area contributed by atoms with E-state index < -0.39 is 10.0 Å². The summed E-state index contributed by atoms with van der Waals surface area (Å²) in [4.78, 5) is 17.8. The van der Waals surface area contributed by atoms with Gasteiger partial charge in [-0.05, 0) is 63.5 Å². The fourth-order valence-corrected chi connectivity index (χ4v) is 5.70. The molecule has 11 heteroatoms. The van der Waals surface area contributed by atoms with Crippen molar-refractivity contribution in [1.29, 1.82) is 0 Å². The van der Waals surface area contributed by atoms with Crippen LogP contribution in [-0.2, 0) is 10.0 Å². The molecule has 2 aromatic heterocycles. The third kappa shape index (κ3) is 6.55. The highest BCUT2D eigenvalue weighted by Gasteiger charge is 2.24. The molecule has 0 amide bonds. The third-order valence-electron chi connectivity index (χ3n) is 6.27. The molecule has 0 bridgehead atoms. The molecule has 3 aromatic rings. The highest BCUT2D eigenvalue weighted by Crippen LogP contribution is 2.29. The maximum atomic E-state index is 13.0. The van der Waals surface area contributed by atoms with Gasteiger partial charge in [-0.15, -0.1) is 0 Å². The molecule has 1 aliphatic carbocycles. The van der Waals surface area contributed by atoms with Crippen LogP contribution < -0.4 is 20.7 Å². The number of sulfonamides is 1. The van der Waals surface area contributed by atoms with Crippen LogP contribution in [0.5, 0.6) is 0 Å². The Morgan fingerprint density at radius 2 is 1.37 bits per heavy atom. The SMILES string of the molecule is CCNc1nc(NCC)nc(NCC2CCC(CNS(=O)(=O)c3cccc4cccnc34)CC2)n1. The monoisotopic (exact) mass is 498 g/mol. The van der Waals surface area contributed by atoms with Gasteiger partial charge in [0, 0.05) is 37.8 Å². The molecular weight excluding hydrogens is 464 g/mol. The fraction of sp³-hybridized carbons (Fsp3) is 0.500. The minimum absolute atomic E-state index is 0.236. The molecule has 4 N–H and O–H groups in total. The molecule has 1 fully saturated rings. The van der Waals surface area contributed by atoms with Crippen molar-refractivity contribution < 1.29 is 8.42 Å². The molecule has 2 heterocycles. The zero-order chi connectivity index (χ0) is 24.7. The van der Waals surface area contributed by atoms with Crippen molar-refractivity contribution in [2.45, 2.75) is 44.4 Å². The first-order valence-electron chi connectivity index (χ1n) is 12.3. The first-order chi connectivity index (χ1) is 17.0. The lowest BCUT2D eigenvalue weighted by atomic mass is 9.82. The quantitative estimate of drug-likeness (QED) is 0.313. The number of para-hydroxylation sites is 1. The number of fused-ring (bicyclic) bond motifs is 1. The van der Waals surface area contributed by atoms with E-state index in [0.29, 0.717) is 41.7 Å². The Kier molecular flexibility index (Phi) is 8.29. The van der Waals surface area contributed by atoms with Crippen LogP contribution in [0.1, 0.15) is 39.5 Å². The lowest BCUT2D eigenvalue weighted by molar-refractivity contribution is 0.284. The first kappa shape index (κ1) is 25.1. The van der Waals surface area contributed by atoms with E-state index >= 15 is 0 Å². The minimum atomic E-state index is -3.62. The van der Waals surface area contributed by atoms with Crippen molar-refractivity contribution in [2.75, 3.05) is 42.1 Å². The first-order valence-corrected chi connectivity index (χ1v) is 13.8. The van der Waals surface area contributed by atoms with Crippen LogP contribution >= 0.6 is 0 Å². The maximum absolute atomic E-state index is 13.0.